The van der Waals surface area contributed by atoms with E-state index in [0.717, 1.165) is 27.8 Å². The molecule has 0 radical (unpaired) electrons. The van der Waals surface area contributed by atoms with Gasteiger partial charge in [0.1, 0.15) is 0 Å². The van der Waals surface area contributed by atoms with Gasteiger partial charge in [-0.15, -0.1) is 22.7 Å². The molecule has 0 bridgehead atoms. The molecule has 44 heavy (non-hydrogen) atoms. The highest BCUT2D eigenvalue weighted by Crippen LogP contribution is 2.40. The van der Waals surface area contributed by atoms with Gasteiger partial charge in [-0.05, 0) is 41.5 Å². The number of rotatable bonds is 4. The van der Waals surface area contributed by atoms with Gasteiger partial charge in [-0.25, -0.2) is 15.0 Å². The normalized spacial score (nSPS) is 11.6. The molecular formula is C39H23N3S2. The first-order chi connectivity index (χ1) is 21.8. The van der Waals surface area contributed by atoms with Gasteiger partial charge in [-0.1, -0.05) is 109 Å². The highest BCUT2D eigenvalue weighted by atomic mass is 32.1. The minimum absolute atomic E-state index is 0.664. The molecule has 3 heterocycles. The fraction of sp³-hybridized carbons (Fsp3) is 0. The molecule has 6 aromatic carbocycles. The third-order valence-electron chi connectivity index (χ3n) is 8.15. The summed E-state index contributed by atoms with van der Waals surface area (Å²) in [5.41, 5.74) is 5.26. The zero-order chi connectivity index (χ0) is 29.0. The molecule has 0 saturated carbocycles. The molecule has 5 heteroatoms. The lowest BCUT2D eigenvalue weighted by atomic mass is 10.0. The van der Waals surface area contributed by atoms with Crippen molar-refractivity contribution in [2.45, 2.75) is 0 Å². The van der Waals surface area contributed by atoms with Crippen LogP contribution in [0.2, 0.25) is 0 Å². The van der Waals surface area contributed by atoms with Gasteiger partial charge in [0.05, 0.1) is 0 Å². The Bertz CT molecular complexity index is 2510. The fourth-order valence-electron chi connectivity index (χ4n) is 6.01. The second kappa shape index (κ2) is 10.2. The number of nitrogens with zero attached hydrogens (tertiary/aromatic N) is 3. The number of hydrogen-bond donors (Lipinski definition) is 0. The predicted molar refractivity (Wildman–Crippen MR) is 187 cm³/mol. The molecule has 0 aliphatic carbocycles. The molecule has 0 fully saturated rings. The van der Waals surface area contributed by atoms with E-state index in [4.69, 9.17) is 15.0 Å². The Labute approximate surface area is 261 Å². The molecule has 0 atom stereocenters. The molecule has 0 unspecified atom stereocenters. The van der Waals surface area contributed by atoms with Crippen molar-refractivity contribution < 1.29 is 0 Å². The van der Waals surface area contributed by atoms with Gasteiger partial charge in [-0.2, -0.15) is 0 Å². The van der Waals surface area contributed by atoms with Crippen LogP contribution in [-0.2, 0) is 0 Å². The van der Waals surface area contributed by atoms with Gasteiger partial charge in [0.15, 0.2) is 17.5 Å². The molecule has 0 aliphatic rings. The van der Waals surface area contributed by atoms with E-state index in [1.54, 1.807) is 22.7 Å². The van der Waals surface area contributed by atoms with Crippen molar-refractivity contribution in [3.8, 4) is 45.3 Å². The average Bonchev–Trinajstić information content (AvgIpc) is 3.66. The molecule has 3 nitrogen and oxygen atoms in total. The van der Waals surface area contributed by atoms with Crippen LogP contribution in [-0.4, -0.2) is 15.0 Å². The zero-order valence-corrected chi connectivity index (χ0v) is 25.1. The Balaban J connectivity index is 1.27. The summed E-state index contributed by atoms with van der Waals surface area (Å²) in [7, 11) is 0. The molecule has 9 rings (SSSR count). The van der Waals surface area contributed by atoms with Gasteiger partial charge in [-0.3, -0.25) is 0 Å². The quantitative estimate of drug-likeness (QED) is 0.203. The van der Waals surface area contributed by atoms with Gasteiger partial charge in [0.2, 0.25) is 0 Å². The summed E-state index contributed by atoms with van der Waals surface area (Å²) >= 11 is 3.60. The third-order valence-corrected chi connectivity index (χ3v) is 10.5. The van der Waals surface area contributed by atoms with E-state index < -0.39 is 0 Å². The van der Waals surface area contributed by atoms with E-state index in [0.29, 0.717) is 17.5 Å². The lowest BCUT2D eigenvalue weighted by Gasteiger charge is -2.10. The molecular weight excluding hydrogens is 575 g/mol. The van der Waals surface area contributed by atoms with Crippen molar-refractivity contribution in [2.24, 2.45) is 0 Å². The lowest BCUT2D eigenvalue weighted by molar-refractivity contribution is 1.08. The summed E-state index contributed by atoms with van der Waals surface area (Å²) in [6, 6.07) is 49.1. The van der Waals surface area contributed by atoms with E-state index in [9.17, 15) is 0 Å². The molecule has 0 saturated heterocycles. The average molecular weight is 598 g/mol. The van der Waals surface area contributed by atoms with Crippen molar-refractivity contribution in [3.05, 3.63) is 140 Å². The number of fused-ring (bicyclic) bond motifs is 6. The summed E-state index contributed by atoms with van der Waals surface area (Å²) in [5.74, 6) is 2.02. The SMILES string of the molecule is c1ccc(-c2cccc(-c3nc(-c4ccc5c(c4)sc4ccccc45)nc(-c4cccc5c4sc4ccccc45)n3)c2)cc1. The van der Waals surface area contributed by atoms with Gasteiger partial charge in [0, 0.05) is 57.0 Å². The molecule has 0 spiro atoms. The standard InChI is InChI=1S/C39H23N3S2/c1-2-10-24(11-3-1)25-12-8-13-26(22-25)37-40-38(27-20-21-30-28-14-4-6-18-33(28)43-35(30)23-27)42-39(41-37)32-17-9-16-31-29-15-5-7-19-34(29)44-36(31)32/h1-23H. The molecule has 0 aliphatic heterocycles. The van der Waals surface area contributed by atoms with Crippen molar-refractivity contribution >= 4 is 63.0 Å². The molecule has 3 aromatic heterocycles. The third kappa shape index (κ3) is 4.21. The highest BCUT2D eigenvalue weighted by Gasteiger charge is 2.17. The first-order valence-corrected chi connectivity index (χ1v) is 16.2. The largest absolute Gasteiger partial charge is 0.208 e. The summed E-state index contributed by atoms with van der Waals surface area (Å²) in [4.78, 5) is 15.4. The van der Waals surface area contributed by atoms with Crippen molar-refractivity contribution in [1.29, 1.82) is 0 Å². The van der Waals surface area contributed by atoms with Crippen LogP contribution in [0.3, 0.4) is 0 Å². The number of benzene rings is 6. The topological polar surface area (TPSA) is 38.7 Å². The van der Waals surface area contributed by atoms with Crippen LogP contribution >= 0.6 is 22.7 Å². The van der Waals surface area contributed by atoms with Crippen molar-refractivity contribution in [1.82, 2.24) is 15.0 Å². The van der Waals surface area contributed by atoms with E-state index in [1.807, 2.05) is 6.07 Å². The van der Waals surface area contributed by atoms with Crippen LogP contribution in [0.4, 0.5) is 0 Å². The molecule has 206 valence electrons. The van der Waals surface area contributed by atoms with Crippen LogP contribution in [0, 0.1) is 0 Å². The van der Waals surface area contributed by atoms with E-state index >= 15 is 0 Å². The van der Waals surface area contributed by atoms with E-state index in [-0.39, 0.29) is 0 Å². The molecule has 0 amide bonds. The minimum Gasteiger partial charge on any atom is -0.208 e. The highest BCUT2D eigenvalue weighted by molar-refractivity contribution is 7.26. The van der Waals surface area contributed by atoms with E-state index in [2.05, 4.69) is 133 Å². The van der Waals surface area contributed by atoms with Crippen LogP contribution < -0.4 is 0 Å². The fourth-order valence-corrected chi connectivity index (χ4v) is 8.37. The Kier molecular flexibility index (Phi) is 5.86. The Morgan fingerprint density at radius 2 is 0.909 bits per heavy atom. The van der Waals surface area contributed by atoms with Gasteiger partial charge >= 0.3 is 0 Å². The minimum atomic E-state index is 0.664. The summed E-state index contributed by atoms with van der Waals surface area (Å²) in [5, 5.41) is 5.03. The van der Waals surface area contributed by atoms with E-state index in [1.165, 1.54) is 40.3 Å². The van der Waals surface area contributed by atoms with Crippen LogP contribution in [0.5, 0.6) is 0 Å². The maximum absolute atomic E-state index is 5.15. The predicted octanol–water partition coefficient (Wildman–Crippen LogP) is 11.3. The summed E-state index contributed by atoms with van der Waals surface area (Å²) in [6.45, 7) is 0. The molecule has 9 aromatic rings. The van der Waals surface area contributed by atoms with Gasteiger partial charge < -0.3 is 0 Å². The number of aromatic nitrogens is 3. The maximum atomic E-state index is 5.15. The first kappa shape index (κ1) is 25.3. The summed E-state index contributed by atoms with van der Waals surface area (Å²) in [6.07, 6.45) is 0. The van der Waals surface area contributed by atoms with Crippen LogP contribution in [0.1, 0.15) is 0 Å². The number of hydrogen-bond acceptors (Lipinski definition) is 5. The Morgan fingerprint density at radius 1 is 0.341 bits per heavy atom. The van der Waals surface area contributed by atoms with Gasteiger partial charge in [0.25, 0.3) is 0 Å². The van der Waals surface area contributed by atoms with Crippen molar-refractivity contribution in [2.75, 3.05) is 0 Å². The summed E-state index contributed by atoms with van der Waals surface area (Å²) < 4.78 is 4.96. The smallest absolute Gasteiger partial charge is 0.165 e. The second-order valence-electron chi connectivity index (χ2n) is 10.8. The Morgan fingerprint density at radius 3 is 1.73 bits per heavy atom. The lowest BCUT2D eigenvalue weighted by Crippen LogP contribution is -2.00. The maximum Gasteiger partial charge on any atom is 0.165 e. The monoisotopic (exact) mass is 597 g/mol. The molecule has 0 N–H and O–H groups in total. The zero-order valence-electron chi connectivity index (χ0n) is 23.4. The Hall–Kier alpha value is -5.23. The van der Waals surface area contributed by atoms with Crippen molar-refractivity contribution in [3.63, 3.8) is 0 Å². The first-order valence-electron chi connectivity index (χ1n) is 14.5. The van der Waals surface area contributed by atoms with Crippen LogP contribution in [0.25, 0.3) is 85.6 Å². The van der Waals surface area contributed by atoms with Crippen LogP contribution in [0.15, 0.2) is 140 Å². The number of thiophene rings is 2. The second-order valence-corrected chi connectivity index (χ2v) is 13.0.